The summed E-state index contributed by atoms with van der Waals surface area (Å²) < 4.78 is 12.8. The smallest absolute Gasteiger partial charge is 0.163 e. The fraction of sp³-hybridized carbons (Fsp3) is 0.533. The Bertz CT molecular complexity index is 578. The molecule has 0 aliphatic rings. The molecule has 0 bridgehead atoms. The van der Waals surface area contributed by atoms with E-state index in [-0.39, 0.29) is 0 Å². The maximum absolute atomic E-state index is 5.51. The highest BCUT2D eigenvalue weighted by Crippen LogP contribution is 2.32. The molecule has 1 aromatic heterocycles. The second kappa shape index (κ2) is 6.61. The van der Waals surface area contributed by atoms with Gasteiger partial charge in [-0.3, -0.25) is 0 Å². The number of hydrogen-bond acceptors (Lipinski definition) is 4. The number of hydrogen-bond donors (Lipinski definition) is 1. The predicted octanol–water partition coefficient (Wildman–Crippen LogP) is 2.26. The molecule has 0 aliphatic carbocycles. The Balaban J connectivity index is 2.27. The molecule has 2 rings (SSSR count). The van der Waals surface area contributed by atoms with Gasteiger partial charge in [0.2, 0.25) is 0 Å². The summed E-state index contributed by atoms with van der Waals surface area (Å²) in [6.07, 6.45) is 4.30. The molecule has 2 N–H and O–H groups in total. The van der Waals surface area contributed by atoms with Crippen LogP contribution < -0.4 is 15.2 Å². The summed E-state index contributed by atoms with van der Waals surface area (Å²) in [7, 11) is 5.33. The molecular formula is C15H23N3O2. The van der Waals surface area contributed by atoms with Crippen molar-refractivity contribution in [1.82, 2.24) is 9.55 Å². The van der Waals surface area contributed by atoms with Crippen molar-refractivity contribution in [1.29, 1.82) is 0 Å². The molecule has 0 amide bonds. The molecule has 1 aromatic carbocycles. The van der Waals surface area contributed by atoms with E-state index in [4.69, 9.17) is 20.2 Å². The van der Waals surface area contributed by atoms with Crippen LogP contribution >= 0.6 is 0 Å². The van der Waals surface area contributed by atoms with Gasteiger partial charge in [0.15, 0.2) is 11.5 Å². The van der Waals surface area contributed by atoms with E-state index in [1.807, 2.05) is 19.2 Å². The minimum absolute atomic E-state index is 0.716. The summed E-state index contributed by atoms with van der Waals surface area (Å²) in [4.78, 5) is 4.69. The number of rotatable bonds is 7. The van der Waals surface area contributed by atoms with E-state index in [1.54, 1.807) is 14.2 Å². The van der Waals surface area contributed by atoms with Crippen molar-refractivity contribution in [3.8, 4) is 11.5 Å². The molecule has 5 heteroatoms. The Kier molecular flexibility index (Phi) is 4.84. The highest BCUT2D eigenvalue weighted by Gasteiger charge is 2.12. The monoisotopic (exact) mass is 277 g/mol. The fourth-order valence-corrected chi connectivity index (χ4v) is 2.40. The Morgan fingerprint density at radius 2 is 1.80 bits per heavy atom. The lowest BCUT2D eigenvalue weighted by atomic mass is 10.2. The number of methoxy groups -OCH3 is 2. The minimum Gasteiger partial charge on any atom is -0.493 e. The van der Waals surface area contributed by atoms with E-state index >= 15 is 0 Å². The Hall–Kier alpha value is -1.75. The largest absolute Gasteiger partial charge is 0.493 e. The first-order valence-corrected chi connectivity index (χ1v) is 6.98. The van der Waals surface area contributed by atoms with Gasteiger partial charge in [-0.15, -0.1) is 0 Å². The van der Waals surface area contributed by atoms with Crippen molar-refractivity contribution in [2.75, 3.05) is 20.8 Å². The van der Waals surface area contributed by atoms with Crippen molar-refractivity contribution >= 4 is 11.0 Å². The minimum atomic E-state index is 0.716. The third-order valence-electron chi connectivity index (χ3n) is 3.58. The molecule has 1 heterocycles. The summed E-state index contributed by atoms with van der Waals surface area (Å²) in [5.41, 5.74) is 7.52. The zero-order valence-electron chi connectivity index (χ0n) is 12.5. The lowest BCUT2D eigenvalue weighted by molar-refractivity contribution is 0.355. The number of aryl methyl sites for hydroxylation is 2. The number of fused-ring (bicyclic) bond motifs is 1. The van der Waals surface area contributed by atoms with Crippen molar-refractivity contribution in [2.45, 2.75) is 25.7 Å². The quantitative estimate of drug-likeness (QED) is 0.789. The molecular weight excluding hydrogens is 254 g/mol. The molecule has 0 fully saturated rings. The number of nitrogens with zero attached hydrogens (tertiary/aromatic N) is 2. The third kappa shape index (κ3) is 2.88. The van der Waals surface area contributed by atoms with Gasteiger partial charge in [0.1, 0.15) is 5.82 Å². The maximum atomic E-state index is 5.51. The van der Waals surface area contributed by atoms with Gasteiger partial charge in [0.05, 0.1) is 25.3 Å². The van der Waals surface area contributed by atoms with Crippen molar-refractivity contribution in [3.63, 3.8) is 0 Å². The van der Waals surface area contributed by atoms with Crippen LogP contribution in [-0.4, -0.2) is 30.3 Å². The molecule has 0 radical (unpaired) electrons. The van der Waals surface area contributed by atoms with Crippen molar-refractivity contribution < 1.29 is 9.47 Å². The van der Waals surface area contributed by atoms with Crippen LogP contribution in [0.3, 0.4) is 0 Å². The second-order valence-corrected chi connectivity index (χ2v) is 4.88. The molecule has 110 valence electrons. The third-order valence-corrected chi connectivity index (χ3v) is 3.58. The van der Waals surface area contributed by atoms with Crippen molar-refractivity contribution in [3.05, 3.63) is 18.0 Å². The predicted molar refractivity (Wildman–Crippen MR) is 80.4 cm³/mol. The highest BCUT2D eigenvalue weighted by molar-refractivity contribution is 5.80. The van der Waals surface area contributed by atoms with Crippen LogP contribution in [0.5, 0.6) is 11.5 Å². The molecule has 0 unspecified atom stereocenters. The SMILES string of the molecule is COc1cc2nc(CCCCCN)n(C)c2cc1OC. The number of nitrogens with two attached hydrogens (primary N) is 1. The zero-order chi connectivity index (χ0) is 14.5. The first kappa shape index (κ1) is 14.7. The van der Waals surface area contributed by atoms with Crippen LogP contribution in [0.15, 0.2) is 12.1 Å². The van der Waals surface area contributed by atoms with Crippen LogP contribution in [-0.2, 0) is 13.5 Å². The van der Waals surface area contributed by atoms with Crippen molar-refractivity contribution in [2.24, 2.45) is 12.8 Å². The van der Waals surface area contributed by atoms with Crippen LogP contribution in [0.1, 0.15) is 25.1 Å². The van der Waals surface area contributed by atoms with Gasteiger partial charge in [-0.25, -0.2) is 4.98 Å². The molecule has 0 spiro atoms. The van der Waals surface area contributed by atoms with Gasteiger partial charge in [-0.2, -0.15) is 0 Å². The van der Waals surface area contributed by atoms with Gasteiger partial charge in [0, 0.05) is 25.6 Å². The number of aromatic nitrogens is 2. The van der Waals surface area contributed by atoms with E-state index < -0.39 is 0 Å². The lowest BCUT2D eigenvalue weighted by Gasteiger charge is -2.07. The molecule has 0 saturated carbocycles. The van der Waals surface area contributed by atoms with Gasteiger partial charge in [0.25, 0.3) is 0 Å². The maximum Gasteiger partial charge on any atom is 0.163 e. The van der Waals surface area contributed by atoms with E-state index in [1.165, 1.54) is 0 Å². The summed E-state index contributed by atoms with van der Waals surface area (Å²) in [5.74, 6) is 2.54. The first-order chi connectivity index (χ1) is 9.71. The Morgan fingerprint density at radius 3 is 2.45 bits per heavy atom. The highest BCUT2D eigenvalue weighted by atomic mass is 16.5. The van der Waals surface area contributed by atoms with E-state index in [0.717, 1.165) is 54.8 Å². The second-order valence-electron chi connectivity index (χ2n) is 4.88. The summed E-state index contributed by atoms with van der Waals surface area (Å²) in [6, 6.07) is 3.90. The van der Waals surface area contributed by atoms with Gasteiger partial charge >= 0.3 is 0 Å². The molecule has 0 saturated heterocycles. The lowest BCUT2D eigenvalue weighted by Crippen LogP contribution is -2.01. The normalized spacial score (nSPS) is 11.0. The van der Waals surface area contributed by atoms with E-state index in [9.17, 15) is 0 Å². The van der Waals surface area contributed by atoms with E-state index in [0.29, 0.717) is 5.75 Å². The average molecular weight is 277 g/mol. The molecule has 20 heavy (non-hydrogen) atoms. The molecule has 2 aromatic rings. The van der Waals surface area contributed by atoms with Crippen LogP contribution in [0.4, 0.5) is 0 Å². The fourth-order valence-electron chi connectivity index (χ4n) is 2.40. The molecule has 0 aliphatic heterocycles. The van der Waals surface area contributed by atoms with E-state index in [2.05, 4.69) is 4.57 Å². The number of ether oxygens (including phenoxy) is 2. The van der Waals surface area contributed by atoms with Gasteiger partial charge < -0.3 is 19.8 Å². The Morgan fingerprint density at radius 1 is 1.10 bits per heavy atom. The van der Waals surface area contributed by atoms with Crippen LogP contribution in [0, 0.1) is 0 Å². The summed E-state index contributed by atoms with van der Waals surface area (Å²) >= 11 is 0. The zero-order valence-corrected chi connectivity index (χ0v) is 12.5. The first-order valence-electron chi connectivity index (χ1n) is 6.98. The van der Waals surface area contributed by atoms with Crippen LogP contribution in [0.25, 0.3) is 11.0 Å². The number of imidazole rings is 1. The summed E-state index contributed by atoms with van der Waals surface area (Å²) in [6.45, 7) is 0.761. The number of benzene rings is 1. The topological polar surface area (TPSA) is 62.3 Å². The van der Waals surface area contributed by atoms with Crippen LogP contribution in [0.2, 0.25) is 0 Å². The Labute approximate surface area is 119 Å². The van der Waals surface area contributed by atoms with Gasteiger partial charge in [-0.1, -0.05) is 6.42 Å². The standard InChI is InChI=1S/C15H23N3O2/c1-18-12-10-14(20-3)13(19-2)9-11(12)17-15(18)7-5-4-6-8-16/h9-10H,4-8,16H2,1-3H3. The molecule has 0 atom stereocenters. The molecule has 5 nitrogen and oxygen atoms in total. The number of unbranched alkanes of at least 4 members (excludes halogenated alkanes) is 2. The van der Waals surface area contributed by atoms with Gasteiger partial charge in [-0.05, 0) is 19.4 Å². The average Bonchev–Trinajstić information content (AvgIpc) is 2.78. The summed E-state index contributed by atoms with van der Waals surface area (Å²) in [5, 5.41) is 0.